The Morgan fingerprint density at radius 2 is 2.00 bits per heavy atom. The molecule has 1 aliphatic heterocycles. The molecular formula is C12H25NO. The first-order valence-electron chi connectivity index (χ1n) is 5.74. The molecule has 0 saturated carbocycles. The molecule has 0 aromatic carbocycles. The van der Waals surface area contributed by atoms with Crippen LogP contribution in [0.4, 0.5) is 0 Å². The molecule has 0 aromatic rings. The maximum atomic E-state index is 5.71. The van der Waals surface area contributed by atoms with Gasteiger partial charge in [0.2, 0.25) is 0 Å². The minimum atomic E-state index is 0.117. The van der Waals surface area contributed by atoms with Gasteiger partial charge in [-0.1, -0.05) is 6.92 Å². The summed E-state index contributed by atoms with van der Waals surface area (Å²) < 4.78 is 5.71. The van der Waals surface area contributed by atoms with E-state index in [-0.39, 0.29) is 11.1 Å². The lowest BCUT2D eigenvalue weighted by molar-refractivity contribution is -0.0862. The van der Waals surface area contributed by atoms with E-state index in [1.807, 2.05) is 7.11 Å². The molecule has 0 bridgehead atoms. The van der Waals surface area contributed by atoms with Crippen LogP contribution in [0.15, 0.2) is 0 Å². The molecule has 14 heavy (non-hydrogen) atoms. The zero-order valence-corrected chi connectivity index (χ0v) is 10.4. The summed E-state index contributed by atoms with van der Waals surface area (Å²) >= 11 is 0. The standard InChI is InChI=1S/C12H25NO/c1-6-12(14-5)8-7-9-13(10-12)11(2,3)4/h6-10H2,1-5H3. The van der Waals surface area contributed by atoms with Crippen LogP contribution in [0.3, 0.4) is 0 Å². The monoisotopic (exact) mass is 199 g/mol. The Bertz CT molecular complexity index is 179. The van der Waals surface area contributed by atoms with E-state index in [1.165, 1.54) is 19.4 Å². The van der Waals surface area contributed by atoms with Crippen LogP contribution in [0.1, 0.15) is 47.0 Å². The molecule has 84 valence electrons. The molecular weight excluding hydrogens is 174 g/mol. The summed E-state index contributed by atoms with van der Waals surface area (Å²) in [5, 5.41) is 0. The Hall–Kier alpha value is -0.0800. The molecule has 1 unspecified atom stereocenters. The highest BCUT2D eigenvalue weighted by molar-refractivity contribution is 4.91. The number of likely N-dealkylation sites (tertiary alicyclic amines) is 1. The highest BCUT2D eigenvalue weighted by Crippen LogP contribution is 2.31. The van der Waals surface area contributed by atoms with Crippen molar-refractivity contribution < 1.29 is 4.74 Å². The van der Waals surface area contributed by atoms with Gasteiger partial charge in [0.1, 0.15) is 0 Å². The fourth-order valence-electron chi connectivity index (χ4n) is 2.27. The molecule has 2 heteroatoms. The van der Waals surface area contributed by atoms with Crippen LogP contribution in [0.2, 0.25) is 0 Å². The van der Waals surface area contributed by atoms with Gasteiger partial charge in [-0.2, -0.15) is 0 Å². The van der Waals surface area contributed by atoms with E-state index >= 15 is 0 Å². The summed E-state index contributed by atoms with van der Waals surface area (Å²) in [6.07, 6.45) is 3.60. The molecule has 0 N–H and O–H groups in total. The molecule has 1 rings (SSSR count). The largest absolute Gasteiger partial charge is 0.377 e. The van der Waals surface area contributed by atoms with Gasteiger partial charge in [0.25, 0.3) is 0 Å². The van der Waals surface area contributed by atoms with Crippen molar-refractivity contribution in [2.75, 3.05) is 20.2 Å². The molecule has 1 heterocycles. The van der Waals surface area contributed by atoms with Crippen LogP contribution in [0.25, 0.3) is 0 Å². The quantitative estimate of drug-likeness (QED) is 0.678. The van der Waals surface area contributed by atoms with E-state index in [2.05, 4.69) is 32.6 Å². The van der Waals surface area contributed by atoms with E-state index in [9.17, 15) is 0 Å². The Balaban J connectivity index is 2.68. The van der Waals surface area contributed by atoms with Gasteiger partial charge in [0.15, 0.2) is 0 Å². The summed E-state index contributed by atoms with van der Waals surface area (Å²) in [5.41, 5.74) is 0.394. The lowest BCUT2D eigenvalue weighted by atomic mass is 9.87. The third-order valence-electron chi connectivity index (χ3n) is 3.57. The Labute approximate surface area is 88.6 Å². The zero-order valence-electron chi connectivity index (χ0n) is 10.4. The number of ether oxygens (including phenoxy) is 1. The number of nitrogens with zero attached hydrogens (tertiary/aromatic N) is 1. The molecule has 2 nitrogen and oxygen atoms in total. The number of methoxy groups -OCH3 is 1. The second kappa shape index (κ2) is 4.19. The van der Waals surface area contributed by atoms with Crippen molar-refractivity contribution in [3.05, 3.63) is 0 Å². The van der Waals surface area contributed by atoms with E-state index in [4.69, 9.17) is 4.74 Å². The first-order chi connectivity index (χ1) is 6.43. The second-order valence-corrected chi connectivity index (χ2v) is 5.44. The molecule has 0 spiro atoms. The van der Waals surface area contributed by atoms with Gasteiger partial charge in [-0.15, -0.1) is 0 Å². The summed E-state index contributed by atoms with van der Waals surface area (Å²) in [6.45, 7) is 11.4. The van der Waals surface area contributed by atoms with Gasteiger partial charge in [0, 0.05) is 19.2 Å². The Kier molecular flexibility index (Phi) is 3.59. The maximum absolute atomic E-state index is 5.71. The molecule has 1 aliphatic rings. The van der Waals surface area contributed by atoms with Gasteiger partial charge < -0.3 is 4.74 Å². The van der Waals surface area contributed by atoms with Gasteiger partial charge in [0.05, 0.1) is 5.60 Å². The smallest absolute Gasteiger partial charge is 0.0803 e. The fourth-order valence-corrected chi connectivity index (χ4v) is 2.27. The van der Waals surface area contributed by atoms with Crippen LogP contribution in [-0.4, -0.2) is 36.2 Å². The summed E-state index contributed by atoms with van der Waals surface area (Å²) in [6, 6.07) is 0. The number of hydrogen-bond donors (Lipinski definition) is 0. The summed E-state index contributed by atoms with van der Waals surface area (Å²) in [5.74, 6) is 0. The highest BCUT2D eigenvalue weighted by Gasteiger charge is 2.37. The predicted molar refractivity (Wildman–Crippen MR) is 60.6 cm³/mol. The van der Waals surface area contributed by atoms with E-state index < -0.39 is 0 Å². The maximum Gasteiger partial charge on any atom is 0.0803 e. The molecule has 1 atom stereocenters. The SMILES string of the molecule is CCC1(OC)CCCN(C(C)(C)C)C1. The lowest BCUT2D eigenvalue weighted by Gasteiger charge is -2.47. The van der Waals surface area contributed by atoms with Gasteiger partial charge in [-0.3, -0.25) is 4.90 Å². The van der Waals surface area contributed by atoms with Crippen molar-refractivity contribution in [2.45, 2.75) is 58.1 Å². The van der Waals surface area contributed by atoms with E-state index in [1.54, 1.807) is 0 Å². The third-order valence-corrected chi connectivity index (χ3v) is 3.57. The molecule has 0 aromatic heterocycles. The lowest BCUT2D eigenvalue weighted by Crippen LogP contribution is -2.55. The number of hydrogen-bond acceptors (Lipinski definition) is 2. The minimum absolute atomic E-state index is 0.117. The van der Waals surface area contributed by atoms with Crippen molar-refractivity contribution in [3.8, 4) is 0 Å². The highest BCUT2D eigenvalue weighted by atomic mass is 16.5. The average Bonchev–Trinajstić information content (AvgIpc) is 2.16. The van der Waals surface area contributed by atoms with Gasteiger partial charge in [-0.05, 0) is 46.6 Å². The van der Waals surface area contributed by atoms with Crippen molar-refractivity contribution in [1.29, 1.82) is 0 Å². The zero-order chi connectivity index (χ0) is 10.8. The predicted octanol–water partition coefficient (Wildman–Crippen LogP) is 2.68. The molecule has 0 radical (unpaired) electrons. The van der Waals surface area contributed by atoms with E-state index in [0.717, 1.165) is 13.0 Å². The van der Waals surface area contributed by atoms with Crippen molar-refractivity contribution in [2.24, 2.45) is 0 Å². The fraction of sp³-hybridized carbons (Fsp3) is 1.00. The topological polar surface area (TPSA) is 12.5 Å². The first kappa shape index (κ1) is 12.0. The normalized spacial score (nSPS) is 30.6. The molecule has 1 saturated heterocycles. The van der Waals surface area contributed by atoms with Crippen molar-refractivity contribution in [1.82, 2.24) is 4.90 Å². The van der Waals surface area contributed by atoms with Crippen LogP contribution in [-0.2, 0) is 4.74 Å². The second-order valence-electron chi connectivity index (χ2n) is 5.44. The molecule has 0 aliphatic carbocycles. The third kappa shape index (κ3) is 2.48. The Morgan fingerprint density at radius 3 is 2.43 bits per heavy atom. The first-order valence-corrected chi connectivity index (χ1v) is 5.74. The molecule has 1 fully saturated rings. The minimum Gasteiger partial charge on any atom is -0.377 e. The summed E-state index contributed by atoms with van der Waals surface area (Å²) in [4.78, 5) is 2.55. The van der Waals surface area contributed by atoms with Gasteiger partial charge in [-0.25, -0.2) is 0 Å². The van der Waals surface area contributed by atoms with Crippen LogP contribution < -0.4 is 0 Å². The van der Waals surface area contributed by atoms with Crippen molar-refractivity contribution >= 4 is 0 Å². The van der Waals surface area contributed by atoms with Crippen LogP contribution in [0.5, 0.6) is 0 Å². The van der Waals surface area contributed by atoms with Gasteiger partial charge >= 0.3 is 0 Å². The van der Waals surface area contributed by atoms with Crippen molar-refractivity contribution in [3.63, 3.8) is 0 Å². The van der Waals surface area contributed by atoms with Crippen LogP contribution >= 0.6 is 0 Å². The molecule has 0 amide bonds. The Morgan fingerprint density at radius 1 is 1.36 bits per heavy atom. The number of rotatable bonds is 2. The van der Waals surface area contributed by atoms with Crippen LogP contribution in [0, 0.1) is 0 Å². The summed E-state index contributed by atoms with van der Waals surface area (Å²) in [7, 11) is 1.86. The average molecular weight is 199 g/mol. The van der Waals surface area contributed by atoms with E-state index in [0.29, 0.717) is 0 Å². The number of piperidine rings is 1.